The van der Waals surface area contributed by atoms with Crippen molar-refractivity contribution in [1.29, 1.82) is 0 Å². The van der Waals surface area contributed by atoms with E-state index in [0.717, 1.165) is 10.0 Å². The number of benzene rings is 1. The lowest BCUT2D eigenvalue weighted by molar-refractivity contribution is -0.309. The van der Waals surface area contributed by atoms with E-state index in [9.17, 15) is 10.6 Å². The topological polar surface area (TPSA) is 140 Å². The zero-order valence-corrected chi connectivity index (χ0v) is 19.1. The van der Waals surface area contributed by atoms with Crippen molar-refractivity contribution in [3.8, 4) is 5.69 Å². The second-order valence-electron chi connectivity index (χ2n) is 7.75. The van der Waals surface area contributed by atoms with E-state index in [0.29, 0.717) is 17.3 Å². The number of ether oxygens (including phenoxy) is 3. The van der Waals surface area contributed by atoms with Gasteiger partial charge in [-0.15, -0.1) is 0 Å². The molecule has 0 saturated carbocycles. The summed E-state index contributed by atoms with van der Waals surface area (Å²) in [7, 11) is 0. The average molecular weight is 514 g/mol. The third kappa shape index (κ3) is 4.24. The lowest BCUT2D eigenvalue weighted by Gasteiger charge is -2.46. The number of rotatable bonds is 4. The van der Waals surface area contributed by atoms with Crippen LogP contribution < -0.4 is 0 Å². The predicted molar refractivity (Wildman–Crippen MR) is 118 cm³/mol. The van der Waals surface area contributed by atoms with Gasteiger partial charge in [0.1, 0.15) is 24.1 Å². The summed E-state index contributed by atoms with van der Waals surface area (Å²) >= 11 is 3.41. The Balaban J connectivity index is 1.48. The average Bonchev–Trinajstić information content (AvgIpc) is 3.22. The van der Waals surface area contributed by atoms with Gasteiger partial charge in [-0.1, -0.05) is 35.4 Å². The van der Waals surface area contributed by atoms with Gasteiger partial charge >= 0.3 is 0 Å². The molecule has 11 nitrogen and oxygen atoms in total. The Morgan fingerprint density at radius 3 is 2.82 bits per heavy atom. The number of hydrogen-bond donors (Lipinski definition) is 1. The maximum Gasteiger partial charge on any atom is 0.184 e. The summed E-state index contributed by atoms with van der Waals surface area (Å²) in [6.45, 7) is 1.93. The summed E-state index contributed by atoms with van der Waals surface area (Å²) in [6.07, 6.45) is -0.809. The molecule has 6 atom stereocenters. The molecule has 2 aromatic heterocycles. The highest BCUT2D eigenvalue weighted by Crippen LogP contribution is 2.40. The third-order valence-corrected chi connectivity index (χ3v) is 6.00. The molecule has 5 rings (SSSR count). The van der Waals surface area contributed by atoms with Gasteiger partial charge in [0, 0.05) is 21.1 Å². The molecule has 0 amide bonds. The summed E-state index contributed by atoms with van der Waals surface area (Å²) in [6, 6.07) is 10.3. The minimum Gasteiger partial charge on any atom is -0.389 e. The highest BCUT2D eigenvalue weighted by molar-refractivity contribution is 9.10. The van der Waals surface area contributed by atoms with Crippen molar-refractivity contribution >= 4 is 15.9 Å². The fraction of sp³-hybridized carbons (Fsp3) is 0.381. The predicted octanol–water partition coefficient (Wildman–Crippen LogP) is 3.33. The van der Waals surface area contributed by atoms with Crippen LogP contribution in [0.4, 0.5) is 0 Å². The van der Waals surface area contributed by atoms with Gasteiger partial charge in [-0.3, -0.25) is 4.98 Å². The molecule has 1 N–H and O–H groups in total. The number of nitrogens with zero attached hydrogens (tertiary/aromatic N) is 7. The molecular weight excluding hydrogens is 494 g/mol. The van der Waals surface area contributed by atoms with Crippen LogP contribution in [0.25, 0.3) is 16.1 Å². The second-order valence-corrected chi connectivity index (χ2v) is 8.66. The van der Waals surface area contributed by atoms with Gasteiger partial charge in [0.15, 0.2) is 12.1 Å². The lowest BCUT2D eigenvalue weighted by atomic mass is 9.91. The molecule has 2 fully saturated rings. The maximum atomic E-state index is 11.2. The number of halogens is 1. The van der Waals surface area contributed by atoms with Gasteiger partial charge in [-0.05, 0) is 34.5 Å². The number of aryl methyl sites for hydroxylation is 1. The molecule has 0 radical (unpaired) electrons. The van der Waals surface area contributed by atoms with Crippen LogP contribution in [0.3, 0.4) is 0 Å². The van der Waals surface area contributed by atoms with Crippen molar-refractivity contribution in [3.63, 3.8) is 0 Å². The first-order chi connectivity index (χ1) is 16.0. The zero-order valence-electron chi connectivity index (χ0n) is 17.5. The summed E-state index contributed by atoms with van der Waals surface area (Å²) < 4.78 is 20.5. The Kier molecular flexibility index (Phi) is 6.11. The van der Waals surface area contributed by atoms with Gasteiger partial charge < -0.3 is 19.3 Å². The number of pyridine rings is 1. The Bertz CT molecular complexity index is 1190. The molecule has 0 aliphatic carbocycles. The van der Waals surface area contributed by atoms with Gasteiger partial charge in [-0.2, -0.15) is 5.10 Å². The Labute approximate surface area is 197 Å². The normalized spacial score (nSPS) is 29.2. The van der Waals surface area contributed by atoms with Crippen LogP contribution in [0.2, 0.25) is 0 Å². The van der Waals surface area contributed by atoms with Crippen LogP contribution in [-0.2, 0) is 14.2 Å². The van der Waals surface area contributed by atoms with E-state index in [1.165, 1.54) is 0 Å². The number of aliphatic hydroxyl groups is 1. The van der Waals surface area contributed by atoms with E-state index < -0.39 is 36.7 Å². The second kappa shape index (κ2) is 9.18. The summed E-state index contributed by atoms with van der Waals surface area (Å²) in [5, 5.41) is 19.5. The molecule has 2 aliphatic rings. The van der Waals surface area contributed by atoms with E-state index in [-0.39, 0.29) is 6.61 Å². The Morgan fingerprint density at radius 2 is 2.06 bits per heavy atom. The van der Waals surface area contributed by atoms with Crippen molar-refractivity contribution in [1.82, 2.24) is 19.7 Å². The first kappa shape index (κ1) is 22.0. The maximum absolute atomic E-state index is 11.2. The lowest BCUT2D eigenvalue weighted by Crippen LogP contribution is -2.58. The van der Waals surface area contributed by atoms with Crippen molar-refractivity contribution in [2.24, 2.45) is 5.11 Å². The van der Waals surface area contributed by atoms with Gasteiger partial charge in [-0.25, -0.2) is 9.67 Å². The zero-order chi connectivity index (χ0) is 22.9. The Hall–Kier alpha value is -2.86. The smallest absolute Gasteiger partial charge is 0.184 e. The van der Waals surface area contributed by atoms with Crippen LogP contribution >= 0.6 is 15.9 Å². The molecule has 4 heterocycles. The van der Waals surface area contributed by atoms with E-state index in [2.05, 4.69) is 41.0 Å². The van der Waals surface area contributed by atoms with Crippen molar-refractivity contribution in [2.75, 3.05) is 6.61 Å². The SMILES string of the molecule is Cc1nc([C@@H]2O[C@@H]3COC(c4ccccc4)O[C@@H]3[C@H](N=[N+]=[N-])[C@H]2O)n(-c2cncc(Br)c2)n1. The van der Waals surface area contributed by atoms with Crippen LogP contribution in [-0.4, -0.2) is 55.8 Å². The molecular formula is C21H20BrN7O4. The van der Waals surface area contributed by atoms with Crippen molar-refractivity contribution < 1.29 is 19.3 Å². The number of hydrogen-bond acceptors (Lipinski definition) is 8. The van der Waals surface area contributed by atoms with Crippen LogP contribution in [0.5, 0.6) is 0 Å². The number of aliphatic hydroxyl groups excluding tert-OH is 1. The molecule has 1 aromatic carbocycles. The number of fused-ring (bicyclic) bond motifs is 1. The summed E-state index contributed by atoms with van der Waals surface area (Å²) in [5.41, 5.74) is 10.7. The molecule has 12 heteroatoms. The first-order valence-corrected chi connectivity index (χ1v) is 11.1. The summed E-state index contributed by atoms with van der Waals surface area (Å²) in [4.78, 5) is 11.6. The highest BCUT2D eigenvalue weighted by atomic mass is 79.9. The summed E-state index contributed by atoms with van der Waals surface area (Å²) in [5.74, 6) is 0.852. The van der Waals surface area contributed by atoms with Gasteiger partial charge in [0.05, 0.1) is 30.6 Å². The molecule has 2 aliphatic heterocycles. The Morgan fingerprint density at radius 1 is 1.24 bits per heavy atom. The third-order valence-electron chi connectivity index (χ3n) is 5.56. The minimum atomic E-state index is -1.22. The van der Waals surface area contributed by atoms with Crippen LogP contribution in [0, 0.1) is 6.92 Å². The van der Waals surface area contributed by atoms with Gasteiger partial charge in [0.25, 0.3) is 0 Å². The van der Waals surface area contributed by atoms with E-state index in [1.54, 1.807) is 24.0 Å². The van der Waals surface area contributed by atoms with Crippen molar-refractivity contribution in [2.45, 2.75) is 43.7 Å². The highest BCUT2D eigenvalue weighted by Gasteiger charge is 2.51. The van der Waals surface area contributed by atoms with Gasteiger partial charge in [0.2, 0.25) is 0 Å². The van der Waals surface area contributed by atoms with Crippen LogP contribution in [0.1, 0.15) is 29.6 Å². The van der Waals surface area contributed by atoms with Crippen molar-refractivity contribution in [3.05, 3.63) is 80.9 Å². The minimum absolute atomic E-state index is 0.191. The quantitative estimate of drug-likeness (QED) is 0.320. The molecule has 0 spiro atoms. The molecule has 33 heavy (non-hydrogen) atoms. The fourth-order valence-corrected chi connectivity index (χ4v) is 4.47. The molecule has 2 saturated heterocycles. The van der Waals surface area contributed by atoms with Crippen LogP contribution in [0.15, 0.2) is 58.4 Å². The number of azide groups is 1. The molecule has 1 unspecified atom stereocenters. The fourth-order valence-electron chi connectivity index (χ4n) is 4.12. The standard InChI is InChI=1S/C21H20BrN7O4/c1-11-25-20(29(27-11)14-7-13(22)8-24-9-14)19-17(30)16(26-28-23)18-15(32-19)10-31-21(33-18)12-5-3-2-4-6-12/h2-9,15-19,21,30H,10H2,1H3/t15-,16-,17-,18+,19-,21?/m1/s1. The molecule has 170 valence electrons. The van der Waals surface area contributed by atoms with E-state index in [4.69, 9.17) is 14.2 Å². The van der Waals surface area contributed by atoms with E-state index >= 15 is 0 Å². The monoisotopic (exact) mass is 513 g/mol. The molecule has 3 aromatic rings. The first-order valence-electron chi connectivity index (χ1n) is 10.3. The number of aromatic nitrogens is 4. The largest absolute Gasteiger partial charge is 0.389 e. The molecule has 0 bridgehead atoms. The van der Waals surface area contributed by atoms with E-state index in [1.807, 2.05) is 36.4 Å².